The standard InChI is InChI=1S/C23H27BrN2O5/c1-15(2)20(26-23(29)31-14-16-8-5-4-6-9-16)21(27)25-19(22(28)30-3)13-17-10-7-11-18(24)12-17/h4-12,15,19-20H,13-14H2,1-3H3,(H,25,27)(H,26,29)/t19-,20-/m1/s1. The van der Waals surface area contributed by atoms with Gasteiger partial charge in [0.1, 0.15) is 18.7 Å². The topological polar surface area (TPSA) is 93.7 Å². The Morgan fingerprint density at radius 3 is 2.26 bits per heavy atom. The van der Waals surface area contributed by atoms with Crippen molar-refractivity contribution in [1.82, 2.24) is 10.6 Å². The Kier molecular flexibility index (Phi) is 9.52. The zero-order chi connectivity index (χ0) is 22.8. The molecule has 2 rings (SSSR count). The van der Waals surface area contributed by atoms with Gasteiger partial charge in [0.15, 0.2) is 0 Å². The number of ether oxygens (including phenoxy) is 2. The third-order valence-corrected chi connectivity index (χ3v) is 5.06. The fourth-order valence-electron chi connectivity index (χ4n) is 2.92. The second kappa shape index (κ2) is 12.1. The second-order valence-corrected chi connectivity index (χ2v) is 8.26. The second-order valence-electron chi connectivity index (χ2n) is 7.35. The Morgan fingerprint density at radius 2 is 1.65 bits per heavy atom. The normalized spacial score (nSPS) is 12.5. The first-order chi connectivity index (χ1) is 14.8. The molecule has 0 bridgehead atoms. The molecule has 0 aromatic heterocycles. The average molecular weight is 491 g/mol. The molecule has 2 aromatic carbocycles. The number of carbonyl (C=O) groups excluding carboxylic acids is 3. The van der Waals surface area contributed by atoms with E-state index in [4.69, 9.17) is 9.47 Å². The number of rotatable bonds is 9. The Morgan fingerprint density at radius 1 is 0.968 bits per heavy atom. The van der Waals surface area contributed by atoms with E-state index in [0.29, 0.717) is 0 Å². The lowest BCUT2D eigenvalue weighted by molar-refractivity contribution is -0.145. The van der Waals surface area contributed by atoms with Crippen LogP contribution < -0.4 is 10.6 Å². The number of benzene rings is 2. The molecule has 0 aliphatic carbocycles. The maximum atomic E-state index is 12.9. The van der Waals surface area contributed by atoms with Crippen LogP contribution >= 0.6 is 15.9 Å². The SMILES string of the molecule is COC(=O)[C@@H](Cc1cccc(Br)c1)NC(=O)[C@H](NC(=O)OCc1ccccc1)C(C)C. The zero-order valence-corrected chi connectivity index (χ0v) is 19.3. The third-order valence-electron chi connectivity index (χ3n) is 4.57. The lowest BCUT2D eigenvalue weighted by Gasteiger charge is -2.24. The van der Waals surface area contributed by atoms with E-state index >= 15 is 0 Å². The van der Waals surface area contributed by atoms with E-state index in [1.165, 1.54) is 7.11 Å². The molecule has 0 unspecified atom stereocenters. The smallest absolute Gasteiger partial charge is 0.408 e. The van der Waals surface area contributed by atoms with E-state index in [2.05, 4.69) is 26.6 Å². The van der Waals surface area contributed by atoms with Crippen LogP contribution in [0, 0.1) is 5.92 Å². The number of hydrogen-bond acceptors (Lipinski definition) is 5. The predicted octanol–water partition coefficient (Wildman–Crippen LogP) is 3.60. The highest BCUT2D eigenvalue weighted by Gasteiger charge is 2.29. The van der Waals surface area contributed by atoms with E-state index in [9.17, 15) is 14.4 Å². The molecule has 0 aliphatic heterocycles. The molecule has 8 heteroatoms. The Hall–Kier alpha value is -2.87. The van der Waals surface area contributed by atoms with Crippen LogP contribution in [0.25, 0.3) is 0 Å². The summed E-state index contributed by atoms with van der Waals surface area (Å²) in [4.78, 5) is 37.4. The van der Waals surface area contributed by atoms with Gasteiger partial charge in [0, 0.05) is 10.9 Å². The molecule has 0 aliphatic rings. The van der Waals surface area contributed by atoms with Gasteiger partial charge in [0.05, 0.1) is 7.11 Å². The zero-order valence-electron chi connectivity index (χ0n) is 17.8. The first kappa shape index (κ1) is 24.4. The van der Waals surface area contributed by atoms with Crippen molar-refractivity contribution in [2.45, 2.75) is 39.0 Å². The number of methoxy groups -OCH3 is 1. The molecule has 166 valence electrons. The first-order valence-electron chi connectivity index (χ1n) is 9.90. The molecule has 2 N–H and O–H groups in total. The van der Waals surface area contributed by atoms with E-state index < -0.39 is 30.1 Å². The molecule has 2 atom stereocenters. The number of halogens is 1. The van der Waals surface area contributed by atoms with Gasteiger partial charge in [0.25, 0.3) is 0 Å². The lowest BCUT2D eigenvalue weighted by atomic mass is 10.0. The Bertz CT molecular complexity index is 889. The van der Waals surface area contributed by atoms with Crippen molar-refractivity contribution in [3.8, 4) is 0 Å². The van der Waals surface area contributed by atoms with Gasteiger partial charge < -0.3 is 20.1 Å². The fourth-order valence-corrected chi connectivity index (χ4v) is 3.37. The summed E-state index contributed by atoms with van der Waals surface area (Å²) in [5.41, 5.74) is 1.68. The molecular weight excluding hydrogens is 464 g/mol. The van der Waals surface area contributed by atoms with Crippen molar-refractivity contribution in [2.75, 3.05) is 7.11 Å². The summed E-state index contributed by atoms with van der Waals surface area (Å²) >= 11 is 3.39. The molecule has 7 nitrogen and oxygen atoms in total. The number of carbonyl (C=O) groups is 3. The summed E-state index contributed by atoms with van der Waals surface area (Å²) < 4.78 is 10.9. The number of hydrogen-bond donors (Lipinski definition) is 2. The van der Waals surface area contributed by atoms with Crippen molar-refractivity contribution in [3.63, 3.8) is 0 Å². The van der Waals surface area contributed by atoms with E-state index in [1.54, 1.807) is 13.8 Å². The molecule has 2 aromatic rings. The maximum absolute atomic E-state index is 12.9. The van der Waals surface area contributed by atoms with Gasteiger partial charge in [-0.3, -0.25) is 4.79 Å². The molecule has 31 heavy (non-hydrogen) atoms. The first-order valence-corrected chi connectivity index (χ1v) is 10.7. The van der Waals surface area contributed by atoms with Crippen LogP contribution in [0.2, 0.25) is 0 Å². The van der Waals surface area contributed by atoms with Crippen molar-refractivity contribution >= 4 is 33.9 Å². The van der Waals surface area contributed by atoms with Crippen molar-refractivity contribution < 1.29 is 23.9 Å². The van der Waals surface area contributed by atoms with Crippen LogP contribution in [0.3, 0.4) is 0 Å². The van der Waals surface area contributed by atoms with Crippen molar-refractivity contribution in [2.24, 2.45) is 5.92 Å². The number of alkyl carbamates (subject to hydrolysis) is 1. The molecule has 0 fully saturated rings. The lowest BCUT2D eigenvalue weighted by Crippen LogP contribution is -2.54. The number of amides is 2. The average Bonchev–Trinajstić information content (AvgIpc) is 2.75. The van der Waals surface area contributed by atoms with Gasteiger partial charge in [0.2, 0.25) is 5.91 Å². The fraction of sp³-hybridized carbons (Fsp3) is 0.348. The maximum Gasteiger partial charge on any atom is 0.408 e. The van der Waals surface area contributed by atoms with Crippen LogP contribution in [0.4, 0.5) is 4.79 Å². The molecule has 0 heterocycles. The summed E-state index contributed by atoms with van der Waals surface area (Å²) in [7, 11) is 1.27. The largest absolute Gasteiger partial charge is 0.467 e. The molecule has 0 spiro atoms. The predicted molar refractivity (Wildman–Crippen MR) is 120 cm³/mol. The summed E-state index contributed by atoms with van der Waals surface area (Å²) in [6, 6.07) is 14.9. The number of esters is 1. The summed E-state index contributed by atoms with van der Waals surface area (Å²) in [6.07, 6.45) is -0.458. The van der Waals surface area contributed by atoms with E-state index in [-0.39, 0.29) is 18.9 Å². The van der Waals surface area contributed by atoms with Gasteiger partial charge in [-0.15, -0.1) is 0 Å². The van der Waals surface area contributed by atoms with Gasteiger partial charge >= 0.3 is 12.1 Å². The highest BCUT2D eigenvalue weighted by atomic mass is 79.9. The van der Waals surface area contributed by atoms with Gasteiger partial charge in [-0.05, 0) is 29.2 Å². The van der Waals surface area contributed by atoms with Crippen molar-refractivity contribution in [1.29, 1.82) is 0 Å². The third kappa shape index (κ3) is 8.05. The van der Waals surface area contributed by atoms with Gasteiger partial charge in [-0.1, -0.05) is 72.2 Å². The minimum atomic E-state index is -0.893. The quantitative estimate of drug-likeness (QED) is 0.523. The van der Waals surface area contributed by atoms with Crippen LogP contribution in [0.5, 0.6) is 0 Å². The summed E-state index contributed by atoms with van der Waals surface area (Å²) in [5.74, 6) is -1.28. The minimum absolute atomic E-state index is 0.0901. The van der Waals surface area contributed by atoms with Crippen LogP contribution in [-0.2, 0) is 32.1 Å². The Labute approximate surface area is 190 Å². The molecule has 0 saturated heterocycles. The van der Waals surface area contributed by atoms with Gasteiger partial charge in [-0.25, -0.2) is 9.59 Å². The minimum Gasteiger partial charge on any atom is -0.467 e. The summed E-state index contributed by atoms with van der Waals surface area (Å²) in [5, 5.41) is 5.29. The molecule has 2 amide bonds. The molecule has 0 radical (unpaired) electrons. The Balaban J connectivity index is 2.02. The van der Waals surface area contributed by atoms with Gasteiger partial charge in [-0.2, -0.15) is 0 Å². The molecule has 0 saturated carbocycles. The van der Waals surface area contributed by atoms with Crippen molar-refractivity contribution in [3.05, 3.63) is 70.2 Å². The van der Waals surface area contributed by atoms with Crippen LogP contribution in [-0.4, -0.2) is 37.2 Å². The van der Waals surface area contributed by atoms with E-state index in [0.717, 1.165) is 15.6 Å². The highest BCUT2D eigenvalue weighted by molar-refractivity contribution is 9.10. The molecular formula is C23H27BrN2O5. The highest BCUT2D eigenvalue weighted by Crippen LogP contribution is 2.14. The van der Waals surface area contributed by atoms with Crippen LogP contribution in [0.15, 0.2) is 59.1 Å². The summed E-state index contributed by atoms with van der Waals surface area (Å²) in [6.45, 7) is 3.68. The number of nitrogens with one attached hydrogen (secondary N) is 2. The van der Waals surface area contributed by atoms with E-state index in [1.807, 2.05) is 54.6 Å². The monoisotopic (exact) mass is 490 g/mol. The van der Waals surface area contributed by atoms with Crippen LogP contribution in [0.1, 0.15) is 25.0 Å².